The van der Waals surface area contributed by atoms with E-state index in [2.05, 4.69) is 38.2 Å². The van der Waals surface area contributed by atoms with E-state index < -0.39 is 0 Å². The Balaban J connectivity index is 2.02. The van der Waals surface area contributed by atoms with Crippen molar-refractivity contribution in [1.82, 2.24) is 5.32 Å². The summed E-state index contributed by atoms with van der Waals surface area (Å²) < 4.78 is 0. The van der Waals surface area contributed by atoms with Crippen LogP contribution in [0, 0.1) is 20.8 Å². The monoisotopic (exact) mass is 282 g/mol. The molecule has 3 heteroatoms. The predicted octanol–water partition coefficient (Wildman–Crippen LogP) is 3.00. The molecule has 0 aliphatic carbocycles. The maximum absolute atomic E-state index is 11.2. The van der Waals surface area contributed by atoms with E-state index in [1.54, 1.807) is 6.07 Å². The molecule has 0 aliphatic heterocycles. The molecule has 2 rings (SSSR count). The summed E-state index contributed by atoms with van der Waals surface area (Å²) in [6.07, 6.45) is 0. The van der Waals surface area contributed by atoms with Gasteiger partial charge in [0.15, 0.2) is 0 Å². The molecule has 1 amide bonds. The van der Waals surface area contributed by atoms with Crippen molar-refractivity contribution in [3.05, 3.63) is 69.8 Å². The van der Waals surface area contributed by atoms with Crippen LogP contribution in [0.2, 0.25) is 0 Å². The second-order valence-corrected chi connectivity index (χ2v) is 5.55. The van der Waals surface area contributed by atoms with E-state index in [1.165, 1.54) is 22.3 Å². The minimum atomic E-state index is -0.387. The first-order chi connectivity index (χ1) is 9.97. The van der Waals surface area contributed by atoms with E-state index in [4.69, 9.17) is 5.73 Å². The Hall–Kier alpha value is -2.13. The summed E-state index contributed by atoms with van der Waals surface area (Å²) >= 11 is 0. The van der Waals surface area contributed by atoms with Crippen molar-refractivity contribution in [3.8, 4) is 0 Å². The molecule has 2 aromatic rings. The summed E-state index contributed by atoms with van der Waals surface area (Å²) in [5.74, 6) is -0.387. The van der Waals surface area contributed by atoms with Gasteiger partial charge in [0.25, 0.3) is 0 Å². The van der Waals surface area contributed by atoms with Crippen LogP contribution in [0.4, 0.5) is 0 Å². The highest BCUT2D eigenvalue weighted by Crippen LogP contribution is 2.16. The molecule has 0 saturated carbocycles. The van der Waals surface area contributed by atoms with Crippen LogP contribution in [0.5, 0.6) is 0 Å². The topological polar surface area (TPSA) is 55.1 Å². The Labute approximate surface area is 126 Å². The van der Waals surface area contributed by atoms with Crippen molar-refractivity contribution in [1.29, 1.82) is 0 Å². The number of amides is 1. The molecule has 0 fully saturated rings. The molecule has 3 N–H and O–H groups in total. The van der Waals surface area contributed by atoms with Gasteiger partial charge in [0.1, 0.15) is 0 Å². The van der Waals surface area contributed by atoms with E-state index >= 15 is 0 Å². The number of carbonyl (C=O) groups is 1. The lowest BCUT2D eigenvalue weighted by Crippen LogP contribution is -2.16. The first kappa shape index (κ1) is 15.3. The van der Waals surface area contributed by atoms with Crippen molar-refractivity contribution in [2.45, 2.75) is 33.9 Å². The van der Waals surface area contributed by atoms with Crippen LogP contribution < -0.4 is 11.1 Å². The number of nitrogens with two attached hydrogens (primary N) is 1. The third-order valence-corrected chi connectivity index (χ3v) is 3.68. The van der Waals surface area contributed by atoms with Gasteiger partial charge in [0.2, 0.25) is 5.91 Å². The van der Waals surface area contributed by atoms with Gasteiger partial charge in [-0.25, -0.2) is 0 Å². The fourth-order valence-corrected chi connectivity index (χ4v) is 2.66. The highest BCUT2D eigenvalue weighted by atomic mass is 16.1. The number of hydrogen-bond donors (Lipinski definition) is 2. The first-order valence-corrected chi connectivity index (χ1v) is 7.13. The smallest absolute Gasteiger partial charge is 0.248 e. The molecular formula is C18H22N2O. The highest BCUT2D eigenvalue weighted by Gasteiger charge is 2.04. The summed E-state index contributed by atoms with van der Waals surface area (Å²) in [5.41, 5.74) is 12.2. The molecular weight excluding hydrogens is 260 g/mol. The van der Waals surface area contributed by atoms with E-state index in [-0.39, 0.29) is 5.91 Å². The lowest BCUT2D eigenvalue weighted by Gasteiger charge is -2.12. The summed E-state index contributed by atoms with van der Waals surface area (Å²) in [4.78, 5) is 11.2. The first-order valence-electron chi connectivity index (χ1n) is 7.13. The van der Waals surface area contributed by atoms with Crippen molar-refractivity contribution >= 4 is 5.91 Å². The summed E-state index contributed by atoms with van der Waals surface area (Å²) in [6.45, 7) is 7.94. The normalized spacial score (nSPS) is 10.6. The van der Waals surface area contributed by atoms with Crippen molar-refractivity contribution in [3.63, 3.8) is 0 Å². The Morgan fingerprint density at radius 3 is 2.33 bits per heavy atom. The minimum Gasteiger partial charge on any atom is -0.366 e. The summed E-state index contributed by atoms with van der Waals surface area (Å²) in [7, 11) is 0. The molecule has 2 aromatic carbocycles. The second kappa shape index (κ2) is 6.55. The Morgan fingerprint density at radius 1 is 1.05 bits per heavy atom. The van der Waals surface area contributed by atoms with Gasteiger partial charge in [0.05, 0.1) is 0 Å². The molecule has 0 atom stereocenters. The number of hydrogen-bond acceptors (Lipinski definition) is 2. The maximum atomic E-state index is 11.2. The lowest BCUT2D eigenvalue weighted by molar-refractivity contribution is 0.1000. The zero-order valence-electron chi connectivity index (χ0n) is 12.9. The van der Waals surface area contributed by atoms with Gasteiger partial charge < -0.3 is 11.1 Å². The summed E-state index contributed by atoms with van der Waals surface area (Å²) in [5, 5.41) is 3.43. The number of aryl methyl sites for hydroxylation is 3. The highest BCUT2D eigenvalue weighted by molar-refractivity contribution is 5.92. The maximum Gasteiger partial charge on any atom is 0.248 e. The van der Waals surface area contributed by atoms with Crippen LogP contribution in [0.25, 0.3) is 0 Å². The van der Waals surface area contributed by atoms with Crippen LogP contribution in [0.1, 0.15) is 38.2 Å². The van der Waals surface area contributed by atoms with Gasteiger partial charge in [-0.3, -0.25) is 4.79 Å². The standard InChI is InChI=1S/C18H22N2O/c1-12-7-13(2)17(14(3)8-12)11-20-10-15-5-4-6-16(9-15)18(19)21/h4-9,20H,10-11H2,1-3H3,(H2,19,21). The molecule has 21 heavy (non-hydrogen) atoms. The number of rotatable bonds is 5. The fourth-order valence-electron chi connectivity index (χ4n) is 2.66. The van der Waals surface area contributed by atoms with Crippen LogP contribution in [0.3, 0.4) is 0 Å². The van der Waals surface area contributed by atoms with Crippen molar-refractivity contribution in [2.75, 3.05) is 0 Å². The molecule has 0 spiro atoms. The van der Waals surface area contributed by atoms with Gasteiger partial charge in [-0.05, 0) is 55.2 Å². The molecule has 0 aromatic heterocycles. The SMILES string of the molecule is Cc1cc(C)c(CNCc2cccc(C(N)=O)c2)c(C)c1. The molecule has 0 heterocycles. The number of primary amides is 1. The van der Waals surface area contributed by atoms with Gasteiger partial charge >= 0.3 is 0 Å². The Kier molecular flexibility index (Phi) is 4.76. The van der Waals surface area contributed by atoms with E-state index in [0.29, 0.717) is 12.1 Å². The second-order valence-electron chi connectivity index (χ2n) is 5.55. The molecule has 3 nitrogen and oxygen atoms in total. The zero-order chi connectivity index (χ0) is 15.4. The lowest BCUT2D eigenvalue weighted by atomic mass is 10.00. The minimum absolute atomic E-state index is 0.387. The number of nitrogens with one attached hydrogen (secondary N) is 1. The molecule has 0 radical (unpaired) electrons. The van der Waals surface area contributed by atoms with Crippen LogP contribution in [-0.4, -0.2) is 5.91 Å². The van der Waals surface area contributed by atoms with Crippen LogP contribution in [0.15, 0.2) is 36.4 Å². The quantitative estimate of drug-likeness (QED) is 0.885. The molecule has 0 aliphatic rings. The Morgan fingerprint density at radius 2 is 1.71 bits per heavy atom. The largest absolute Gasteiger partial charge is 0.366 e. The summed E-state index contributed by atoms with van der Waals surface area (Å²) in [6, 6.07) is 11.8. The molecule has 0 saturated heterocycles. The van der Waals surface area contributed by atoms with Crippen molar-refractivity contribution in [2.24, 2.45) is 5.73 Å². The van der Waals surface area contributed by atoms with E-state index in [9.17, 15) is 4.79 Å². The number of carbonyl (C=O) groups excluding carboxylic acids is 1. The van der Waals surface area contributed by atoms with Gasteiger partial charge in [-0.2, -0.15) is 0 Å². The Bertz CT molecular complexity index is 639. The van der Waals surface area contributed by atoms with Gasteiger partial charge in [-0.1, -0.05) is 29.8 Å². The van der Waals surface area contributed by atoms with E-state index in [1.807, 2.05) is 18.2 Å². The van der Waals surface area contributed by atoms with Crippen LogP contribution in [-0.2, 0) is 13.1 Å². The third-order valence-electron chi connectivity index (χ3n) is 3.68. The zero-order valence-corrected chi connectivity index (χ0v) is 12.9. The van der Waals surface area contributed by atoms with Crippen LogP contribution >= 0.6 is 0 Å². The molecule has 0 bridgehead atoms. The molecule has 0 unspecified atom stereocenters. The molecule has 110 valence electrons. The number of benzene rings is 2. The van der Waals surface area contributed by atoms with Gasteiger partial charge in [-0.15, -0.1) is 0 Å². The third kappa shape index (κ3) is 3.92. The average Bonchev–Trinajstić information content (AvgIpc) is 2.42. The van der Waals surface area contributed by atoms with E-state index in [0.717, 1.165) is 12.1 Å². The predicted molar refractivity (Wildman–Crippen MR) is 86.2 cm³/mol. The average molecular weight is 282 g/mol. The fraction of sp³-hybridized carbons (Fsp3) is 0.278. The van der Waals surface area contributed by atoms with Gasteiger partial charge in [0, 0.05) is 18.7 Å². The van der Waals surface area contributed by atoms with Crippen molar-refractivity contribution < 1.29 is 4.79 Å².